The van der Waals surface area contributed by atoms with E-state index in [-0.39, 0.29) is 24.9 Å². The van der Waals surface area contributed by atoms with Gasteiger partial charge in [0.25, 0.3) is 0 Å². The van der Waals surface area contributed by atoms with Gasteiger partial charge in [-0.2, -0.15) is 0 Å². The number of carbonyl (C=O) groups excluding carboxylic acids is 1. The molecule has 0 saturated carbocycles. The summed E-state index contributed by atoms with van der Waals surface area (Å²) in [6.45, 7) is 1.84. The van der Waals surface area contributed by atoms with Crippen molar-refractivity contribution >= 4 is 5.97 Å². The average Bonchev–Trinajstić information content (AvgIpc) is 2.49. The molecule has 1 heterocycles. The average molecular weight is 282 g/mol. The molecule has 1 aromatic rings. The van der Waals surface area contributed by atoms with E-state index in [1.807, 2.05) is 4.90 Å². The van der Waals surface area contributed by atoms with Gasteiger partial charge in [-0.1, -0.05) is 18.2 Å². The van der Waals surface area contributed by atoms with Crippen molar-refractivity contribution in [3.05, 3.63) is 35.1 Å². The van der Waals surface area contributed by atoms with Gasteiger partial charge in [-0.3, -0.25) is 9.69 Å². The Labute approximate surface area is 117 Å². The van der Waals surface area contributed by atoms with Crippen LogP contribution in [-0.2, 0) is 27.4 Å². The highest BCUT2D eigenvalue weighted by molar-refractivity contribution is 5.75. The topological polar surface area (TPSA) is 64.8 Å². The van der Waals surface area contributed by atoms with Gasteiger partial charge in [0.1, 0.15) is 11.9 Å². The first-order chi connectivity index (χ1) is 9.67. The lowest BCUT2D eigenvalue weighted by Gasteiger charge is -2.33. The third-order valence-corrected chi connectivity index (χ3v) is 3.46. The molecule has 6 heteroatoms. The van der Waals surface area contributed by atoms with Gasteiger partial charge in [-0.05, 0) is 0 Å². The van der Waals surface area contributed by atoms with E-state index < -0.39 is 6.04 Å². The summed E-state index contributed by atoms with van der Waals surface area (Å²) in [6, 6.07) is 4.65. The Morgan fingerprint density at radius 1 is 1.55 bits per heavy atom. The fraction of sp³-hybridized carbons (Fsp3) is 0.500. The summed E-state index contributed by atoms with van der Waals surface area (Å²) in [5.41, 5.74) is 6.51. The van der Waals surface area contributed by atoms with Crippen molar-refractivity contribution < 1.29 is 18.7 Å². The minimum atomic E-state index is -0.491. The molecule has 0 aromatic heterocycles. The quantitative estimate of drug-likeness (QED) is 0.822. The molecule has 2 N–H and O–H groups in total. The minimum Gasteiger partial charge on any atom is -0.468 e. The molecule has 2 rings (SSSR count). The molecule has 5 nitrogen and oxygen atoms in total. The number of ether oxygens (including phenoxy) is 2. The fourth-order valence-electron chi connectivity index (χ4n) is 2.31. The number of methoxy groups -OCH3 is 1. The number of rotatable bonds is 4. The summed E-state index contributed by atoms with van der Waals surface area (Å²) in [7, 11) is 1.34. The summed E-state index contributed by atoms with van der Waals surface area (Å²) >= 11 is 0. The highest BCUT2D eigenvalue weighted by atomic mass is 19.1. The van der Waals surface area contributed by atoms with E-state index >= 15 is 0 Å². The molecule has 0 radical (unpaired) electrons. The molecule has 1 fully saturated rings. The number of hydrogen-bond donors (Lipinski definition) is 1. The SMILES string of the molecule is COC(=O)C1COCCN1Cc1cccc(CN)c1F. The van der Waals surface area contributed by atoms with E-state index in [1.54, 1.807) is 18.2 Å². The van der Waals surface area contributed by atoms with Crippen molar-refractivity contribution in [1.82, 2.24) is 4.90 Å². The standard InChI is InChI=1S/C14H19FN2O3/c1-19-14(18)12-9-20-6-5-17(12)8-11-4-2-3-10(7-16)13(11)15/h2-4,12H,5-9,16H2,1H3. The first-order valence-electron chi connectivity index (χ1n) is 6.53. The number of morpholine rings is 1. The monoisotopic (exact) mass is 282 g/mol. The molecule has 20 heavy (non-hydrogen) atoms. The number of hydrogen-bond acceptors (Lipinski definition) is 5. The molecule has 0 bridgehead atoms. The van der Waals surface area contributed by atoms with Crippen molar-refractivity contribution in [2.45, 2.75) is 19.1 Å². The molecule has 0 amide bonds. The molecule has 1 aliphatic rings. The Morgan fingerprint density at radius 2 is 2.30 bits per heavy atom. The van der Waals surface area contributed by atoms with Crippen LogP contribution in [0.5, 0.6) is 0 Å². The molecule has 1 atom stereocenters. The lowest BCUT2D eigenvalue weighted by Crippen LogP contribution is -2.49. The smallest absolute Gasteiger partial charge is 0.325 e. The van der Waals surface area contributed by atoms with Crippen LogP contribution >= 0.6 is 0 Å². The van der Waals surface area contributed by atoms with E-state index in [0.29, 0.717) is 30.8 Å². The minimum absolute atomic E-state index is 0.156. The molecule has 1 unspecified atom stereocenters. The van der Waals surface area contributed by atoms with Gasteiger partial charge < -0.3 is 15.2 Å². The molecule has 1 aromatic carbocycles. The third-order valence-electron chi connectivity index (χ3n) is 3.46. The lowest BCUT2D eigenvalue weighted by molar-refractivity contribution is -0.153. The number of benzene rings is 1. The Kier molecular flexibility index (Phi) is 5.05. The Hall–Kier alpha value is -1.50. The van der Waals surface area contributed by atoms with Gasteiger partial charge in [0.2, 0.25) is 0 Å². The Morgan fingerprint density at radius 3 is 3.00 bits per heavy atom. The van der Waals surface area contributed by atoms with E-state index in [1.165, 1.54) is 7.11 Å². The van der Waals surface area contributed by atoms with E-state index in [9.17, 15) is 9.18 Å². The van der Waals surface area contributed by atoms with Crippen molar-refractivity contribution in [1.29, 1.82) is 0 Å². The second-order valence-corrected chi connectivity index (χ2v) is 4.68. The number of halogens is 1. The summed E-state index contributed by atoms with van der Waals surface area (Å²) in [6.07, 6.45) is 0. The van der Waals surface area contributed by atoms with Gasteiger partial charge in [0, 0.05) is 30.8 Å². The zero-order valence-corrected chi connectivity index (χ0v) is 11.5. The molecule has 1 aliphatic heterocycles. The van der Waals surface area contributed by atoms with Crippen molar-refractivity contribution in [3.63, 3.8) is 0 Å². The van der Waals surface area contributed by atoms with Crippen LogP contribution in [0, 0.1) is 5.82 Å². The third kappa shape index (κ3) is 3.15. The number of carbonyl (C=O) groups is 1. The van der Waals surface area contributed by atoms with Crippen LogP contribution in [-0.4, -0.2) is 43.8 Å². The zero-order chi connectivity index (χ0) is 14.5. The highest BCUT2D eigenvalue weighted by Crippen LogP contribution is 2.18. The largest absolute Gasteiger partial charge is 0.468 e. The van der Waals surface area contributed by atoms with Gasteiger partial charge >= 0.3 is 5.97 Å². The molecule has 1 saturated heterocycles. The van der Waals surface area contributed by atoms with Gasteiger partial charge in [0.05, 0.1) is 20.3 Å². The number of esters is 1. The van der Waals surface area contributed by atoms with Gasteiger partial charge in [-0.15, -0.1) is 0 Å². The molecule has 110 valence electrons. The van der Waals surface area contributed by atoms with E-state index in [4.69, 9.17) is 15.2 Å². The molecule has 0 spiro atoms. The van der Waals surface area contributed by atoms with Crippen molar-refractivity contribution in [2.24, 2.45) is 5.73 Å². The second kappa shape index (κ2) is 6.78. The molecular formula is C14H19FN2O3. The van der Waals surface area contributed by atoms with Crippen LogP contribution in [0.25, 0.3) is 0 Å². The van der Waals surface area contributed by atoms with Crippen LogP contribution in [0.1, 0.15) is 11.1 Å². The molecule has 0 aliphatic carbocycles. The second-order valence-electron chi connectivity index (χ2n) is 4.68. The fourth-order valence-corrected chi connectivity index (χ4v) is 2.31. The predicted octanol–water partition coefficient (Wildman–Crippen LogP) is 0.658. The van der Waals surface area contributed by atoms with Crippen molar-refractivity contribution in [3.8, 4) is 0 Å². The summed E-state index contributed by atoms with van der Waals surface area (Å²) in [5, 5.41) is 0. The van der Waals surface area contributed by atoms with Crippen LogP contribution < -0.4 is 5.73 Å². The van der Waals surface area contributed by atoms with Crippen LogP contribution in [0.2, 0.25) is 0 Å². The maximum Gasteiger partial charge on any atom is 0.325 e. The van der Waals surface area contributed by atoms with Crippen LogP contribution in [0.3, 0.4) is 0 Å². The number of nitrogens with two attached hydrogens (primary N) is 1. The van der Waals surface area contributed by atoms with Gasteiger partial charge in [0.15, 0.2) is 0 Å². The first kappa shape index (κ1) is 14.9. The Balaban J connectivity index is 2.16. The predicted molar refractivity (Wildman–Crippen MR) is 71.3 cm³/mol. The molecular weight excluding hydrogens is 263 g/mol. The van der Waals surface area contributed by atoms with Crippen LogP contribution in [0.15, 0.2) is 18.2 Å². The first-order valence-corrected chi connectivity index (χ1v) is 6.53. The van der Waals surface area contributed by atoms with E-state index in [0.717, 1.165) is 0 Å². The number of nitrogens with zero attached hydrogens (tertiary/aromatic N) is 1. The summed E-state index contributed by atoms with van der Waals surface area (Å²) in [5.74, 6) is -0.662. The van der Waals surface area contributed by atoms with Crippen molar-refractivity contribution in [2.75, 3.05) is 26.9 Å². The lowest BCUT2D eigenvalue weighted by atomic mass is 10.1. The van der Waals surface area contributed by atoms with E-state index in [2.05, 4.69) is 0 Å². The normalized spacial score (nSPS) is 19.9. The summed E-state index contributed by atoms with van der Waals surface area (Å²) < 4.78 is 24.2. The maximum absolute atomic E-state index is 14.2. The summed E-state index contributed by atoms with van der Waals surface area (Å²) in [4.78, 5) is 13.6. The van der Waals surface area contributed by atoms with Gasteiger partial charge in [-0.25, -0.2) is 4.39 Å². The zero-order valence-electron chi connectivity index (χ0n) is 11.5. The van der Waals surface area contributed by atoms with Crippen LogP contribution in [0.4, 0.5) is 4.39 Å². The highest BCUT2D eigenvalue weighted by Gasteiger charge is 2.30. The Bertz CT molecular complexity index is 481. The maximum atomic E-state index is 14.2.